The molecule has 2 rings (SSSR count). The van der Waals surface area contributed by atoms with Gasteiger partial charge in [0, 0.05) is 4.88 Å². The summed E-state index contributed by atoms with van der Waals surface area (Å²) in [7, 11) is 0. The van der Waals surface area contributed by atoms with Crippen LogP contribution in [0.25, 0.3) is 0 Å². The molecule has 0 aromatic carbocycles. The number of carbonyl (C=O) groups excluding carboxylic acids is 1. The van der Waals surface area contributed by atoms with Crippen molar-refractivity contribution in [3.63, 3.8) is 0 Å². The van der Waals surface area contributed by atoms with E-state index in [0.717, 1.165) is 9.75 Å². The Bertz CT molecular complexity index is 708. The predicted molar refractivity (Wildman–Crippen MR) is 101 cm³/mol. The molecule has 1 aromatic heterocycles. The topological polar surface area (TPSA) is 26.3 Å². The van der Waals surface area contributed by atoms with Crippen molar-refractivity contribution < 1.29 is 9.53 Å². The van der Waals surface area contributed by atoms with Crippen LogP contribution in [0, 0.1) is 17.3 Å². The van der Waals surface area contributed by atoms with Crippen molar-refractivity contribution in [2.75, 3.05) is 6.61 Å². The minimum atomic E-state index is -0.180. The molecule has 3 heteroatoms. The van der Waals surface area contributed by atoms with E-state index in [9.17, 15) is 4.79 Å². The van der Waals surface area contributed by atoms with Gasteiger partial charge in [-0.2, -0.15) is 0 Å². The number of carbonyl (C=O) groups is 1. The molecule has 1 heterocycles. The molecule has 24 heavy (non-hydrogen) atoms. The van der Waals surface area contributed by atoms with Crippen LogP contribution in [0.3, 0.4) is 0 Å². The van der Waals surface area contributed by atoms with Gasteiger partial charge in [0.15, 0.2) is 0 Å². The summed E-state index contributed by atoms with van der Waals surface area (Å²) in [5.74, 6) is 6.11. The molecule has 0 unspecified atom stereocenters. The monoisotopic (exact) mass is 342 g/mol. The molecule has 1 aromatic rings. The van der Waals surface area contributed by atoms with Gasteiger partial charge in [-0.15, -0.1) is 11.3 Å². The van der Waals surface area contributed by atoms with Crippen molar-refractivity contribution in [3.8, 4) is 11.8 Å². The second kappa shape index (κ2) is 8.35. The molecule has 0 spiro atoms. The van der Waals surface area contributed by atoms with Crippen LogP contribution in [0.2, 0.25) is 0 Å². The van der Waals surface area contributed by atoms with Gasteiger partial charge in [0.05, 0.1) is 17.9 Å². The lowest BCUT2D eigenvalue weighted by atomic mass is 9.73. The van der Waals surface area contributed by atoms with E-state index in [1.165, 1.54) is 30.4 Å². The first kappa shape index (κ1) is 18.5. The molecule has 1 aliphatic rings. The Kier molecular flexibility index (Phi) is 6.45. The fourth-order valence-electron chi connectivity index (χ4n) is 3.14. The minimum absolute atomic E-state index is 0.180. The van der Waals surface area contributed by atoms with E-state index in [0.29, 0.717) is 13.0 Å². The maximum absolute atomic E-state index is 11.5. The Morgan fingerprint density at radius 2 is 2.21 bits per heavy atom. The SMILES string of the molecule is CCOC(=O)Cc1ccc(C#C/C=C/C2=C(C)CCCC2(C)C)s1. The van der Waals surface area contributed by atoms with E-state index >= 15 is 0 Å². The third-order valence-electron chi connectivity index (χ3n) is 4.36. The average molecular weight is 343 g/mol. The van der Waals surface area contributed by atoms with Crippen molar-refractivity contribution in [1.82, 2.24) is 0 Å². The summed E-state index contributed by atoms with van der Waals surface area (Å²) in [5.41, 5.74) is 3.16. The van der Waals surface area contributed by atoms with Gasteiger partial charge in [-0.05, 0) is 62.3 Å². The number of allylic oxidation sites excluding steroid dienone is 4. The maximum Gasteiger partial charge on any atom is 0.311 e. The highest BCUT2D eigenvalue weighted by molar-refractivity contribution is 7.12. The Morgan fingerprint density at radius 1 is 1.42 bits per heavy atom. The Hall–Kier alpha value is -1.79. The number of hydrogen-bond donors (Lipinski definition) is 0. The minimum Gasteiger partial charge on any atom is -0.466 e. The first-order chi connectivity index (χ1) is 11.4. The number of rotatable bonds is 4. The molecule has 0 saturated heterocycles. The lowest BCUT2D eigenvalue weighted by molar-refractivity contribution is -0.142. The predicted octanol–water partition coefficient (Wildman–Crippen LogP) is 5.29. The van der Waals surface area contributed by atoms with E-state index in [2.05, 4.69) is 38.7 Å². The van der Waals surface area contributed by atoms with E-state index in [-0.39, 0.29) is 11.4 Å². The number of ether oxygens (including phenoxy) is 1. The number of thiophene rings is 1. The second-order valence-corrected chi connectivity index (χ2v) is 7.95. The Balaban J connectivity index is 2.01. The fraction of sp³-hybridized carbons (Fsp3) is 0.476. The van der Waals surface area contributed by atoms with Crippen molar-refractivity contribution in [2.24, 2.45) is 5.41 Å². The highest BCUT2D eigenvalue weighted by Gasteiger charge is 2.26. The molecule has 128 valence electrons. The fourth-order valence-corrected chi connectivity index (χ4v) is 4.00. The first-order valence-corrected chi connectivity index (χ1v) is 9.36. The molecule has 0 N–H and O–H groups in total. The lowest BCUT2D eigenvalue weighted by Crippen LogP contribution is -2.18. The maximum atomic E-state index is 11.5. The Labute approximate surface area is 149 Å². The van der Waals surface area contributed by atoms with Crippen LogP contribution in [0.5, 0.6) is 0 Å². The van der Waals surface area contributed by atoms with Crippen LogP contribution in [0.4, 0.5) is 0 Å². The Morgan fingerprint density at radius 3 is 2.92 bits per heavy atom. The van der Waals surface area contributed by atoms with Crippen molar-refractivity contribution >= 4 is 17.3 Å². The second-order valence-electron chi connectivity index (χ2n) is 6.78. The number of esters is 1. The molecule has 2 nitrogen and oxygen atoms in total. The summed E-state index contributed by atoms with van der Waals surface area (Å²) in [6.07, 6.45) is 8.17. The molecule has 0 fully saturated rings. The summed E-state index contributed by atoms with van der Waals surface area (Å²) in [5, 5.41) is 0. The van der Waals surface area contributed by atoms with E-state index in [4.69, 9.17) is 4.74 Å². The van der Waals surface area contributed by atoms with Gasteiger partial charge in [0.25, 0.3) is 0 Å². The van der Waals surface area contributed by atoms with Crippen molar-refractivity contribution in [2.45, 2.75) is 53.4 Å². The summed E-state index contributed by atoms with van der Waals surface area (Å²) >= 11 is 1.55. The van der Waals surface area contributed by atoms with Gasteiger partial charge in [0.1, 0.15) is 0 Å². The van der Waals surface area contributed by atoms with Gasteiger partial charge in [-0.25, -0.2) is 0 Å². The van der Waals surface area contributed by atoms with Gasteiger partial charge in [-0.3, -0.25) is 4.79 Å². The van der Waals surface area contributed by atoms with Gasteiger partial charge in [-0.1, -0.05) is 37.3 Å². The molecule has 0 aliphatic heterocycles. The average Bonchev–Trinajstić information content (AvgIpc) is 2.93. The largest absolute Gasteiger partial charge is 0.466 e. The molecule has 0 amide bonds. The van der Waals surface area contributed by atoms with Crippen molar-refractivity contribution in [1.29, 1.82) is 0 Å². The first-order valence-electron chi connectivity index (χ1n) is 8.55. The lowest BCUT2D eigenvalue weighted by Gasteiger charge is -2.32. The van der Waals surface area contributed by atoms with E-state index in [1.807, 2.05) is 25.1 Å². The summed E-state index contributed by atoms with van der Waals surface area (Å²) < 4.78 is 4.97. The van der Waals surface area contributed by atoms with Crippen LogP contribution < -0.4 is 0 Å². The van der Waals surface area contributed by atoms with Crippen LogP contribution >= 0.6 is 11.3 Å². The normalized spacial score (nSPS) is 16.8. The highest BCUT2D eigenvalue weighted by atomic mass is 32.1. The van der Waals surface area contributed by atoms with Crippen LogP contribution in [-0.2, 0) is 16.0 Å². The third kappa shape index (κ3) is 5.11. The highest BCUT2D eigenvalue weighted by Crippen LogP contribution is 2.40. The molecule has 1 aliphatic carbocycles. The van der Waals surface area contributed by atoms with E-state index < -0.39 is 0 Å². The van der Waals surface area contributed by atoms with Gasteiger partial charge in [0.2, 0.25) is 0 Å². The molecule has 0 saturated carbocycles. The molecular weight excluding hydrogens is 316 g/mol. The molecule has 0 bridgehead atoms. The zero-order chi connectivity index (χ0) is 17.6. The standard InChI is InChI=1S/C21H26O2S/c1-5-23-20(22)15-18-13-12-17(24-18)10-6-7-11-19-16(2)9-8-14-21(19,3)4/h7,11-13H,5,8-9,14-15H2,1-4H3/b11-7+. The van der Waals surface area contributed by atoms with Gasteiger partial charge < -0.3 is 4.74 Å². The molecule has 0 radical (unpaired) electrons. The summed E-state index contributed by atoms with van der Waals surface area (Å²) in [4.78, 5) is 13.5. The van der Waals surface area contributed by atoms with E-state index in [1.54, 1.807) is 11.3 Å². The van der Waals surface area contributed by atoms with Crippen molar-refractivity contribution in [3.05, 3.63) is 45.2 Å². The van der Waals surface area contributed by atoms with Crippen LogP contribution in [0.15, 0.2) is 35.4 Å². The molecular formula is C21H26O2S. The van der Waals surface area contributed by atoms with Crippen LogP contribution in [0.1, 0.15) is 56.7 Å². The smallest absolute Gasteiger partial charge is 0.311 e. The van der Waals surface area contributed by atoms with Crippen LogP contribution in [-0.4, -0.2) is 12.6 Å². The zero-order valence-electron chi connectivity index (χ0n) is 15.1. The number of hydrogen-bond acceptors (Lipinski definition) is 3. The quantitative estimate of drug-likeness (QED) is 0.549. The van der Waals surface area contributed by atoms with Gasteiger partial charge >= 0.3 is 5.97 Å². The third-order valence-corrected chi connectivity index (χ3v) is 5.36. The summed E-state index contributed by atoms with van der Waals surface area (Å²) in [6.45, 7) is 9.09. The molecule has 0 atom stereocenters. The zero-order valence-corrected chi connectivity index (χ0v) is 15.9. The summed E-state index contributed by atoms with van der Waals surface area (Å²) in [6, 6.07) is 3.92.